The molecule has 0 aromatic carbocycles. The number of carbonyl (C=O) groups excluding carboxylic acids is 1. The van der Waals surface area contributed by atoms with E-state index in [1.54, 1.807) is 4.90 Å². The number of aliphatic hydroxyl groups excluding tert-OH is 1. The summed E-state index contributed by atoms with van der Waals surface area (Å²) < 4.78 is 5.50. The number of carboxylic acids is 1. The van der Waals surface area contributed by atoms with E-state index in [-0.39, 0.29) is 31.1 Å². The van der Waals surface area contributed by atoms with Gasteiger partial charge in [0.05, 0.1) is 18.8 Å². The molecular formula is C12H22N2O5. The third kappa shape index (κ3) is 4.68. The quantitative estimate of drug-likeness (QED) is 0.657. The Kier molecular flexibility index (Phi) is 6.04. The van der Waals surface area contributed by atoms with Crippen LogP contribution in [0.5, 0.6) is 0 Å². The molecule has 0 aliphatic carbocycles. The summed E-state index contributed by atoms with van der Waals surface area (Å²) in [5.41, 5.74) is 0. The van der Waals surface area contributed by atoms with Crippen molar-refractivity contribution in [3.05, 3.63) is 0 Å². The fourth-order valence-corrected chi connectivity index (χ4v) is 1.97. The van der Waals surface area contributed by atoms with Crippen molar-refractivity contribution in [1.29, 1.82) is 0 Å². The molecule has 0 aromatic heterocycles. The summed E-state index contributed by atoms with van der Waals surface area (Å²) in [6, 6.07) is -0.194. The van der Waals surface area contributed by atoms with Gasteiger partial charge in [-0.3, -0.25) is 0 Å². The molecule has 1 aliphatic heterocycles. The third-order valence-corrected chi connectivity index (χ3v) is 3.18. The monoisotopic (exact) mass is 274 g/mol. The fraction of sp³-hybridized carbons (Fsp3) is 0.833. The van der Waals surface area contributed by atoms with Crippen molar-refractivity contribution in [2.75, 3.05) is 19.7 Å². The van der Waals surface area contributed by atoms with Crippen molar-refractivity contribution in [2.45, 2.75) is 44.9 Å². The Hall–Kier alpha value is -1.34. The lowest BCUT2D eigenvalue weighted by Gasteiger charge is -2.38. The molecule has 1 saturated heterocycles. The number of amides is 2. The molecule has 0 bridgehead atoms. The predicted molar refractivity (Wildman–Crippen MR) is 67.9 cm³/mol. The van der Waals surface area contributed by atoms with Crippen LogP contribution < -0.4 is 5.32 Å². The first kappa shape index (κ1) is 15.7. The van der Waals surface area contributed by atoms with Gasteiger partial charge in [-0.05, 0) is 13.3 Å². The van der Waals surface area contributed by atoms with E-state index in [1.807, 2.05) is 13.8 Å². The van der Waals surface area contributed by atoms with E-state index in [4.69, 9.17) is 14.9 Å². The Balaban J connectivity index is 2.40. The number of carboxylic acid groups (broad SMARTS) is 1. The summed E-state index contributed by atoms with van der Waals surface area (Å²) in [6.07, 6.45) is -0.639. The Bertz CT molecular complexity index is 323. The highest BCUT2D eigenvalue weighted by atomic mass is 16.5. The lowest BCUT2D eigenvalue weighted by atomic mass is 10.1. The number of hydrogen-bond acceptors (Lipinski definition) is 4. The van der Waals surface area contributed by atoms with Gasteiger partial charge < -0.3 is 25.2 Å². The first-order valence-corrected chi connectivity index (χ1v) is 6.52. The number of nitrogens with one attached hydrogen (secondary N) is 1. The SMILES string of the molecule is CCC1COC(C)CN1C(=O)NCCC(O)C(=O)O. The second-order valence-corrected chi connectivity index (χ2v) is 4.73. The largest absolute Gasteiger partial charge is 0.479 e. The highest BCUT2D eigenvalue weighted by Crippen LogP contribution is 2.14. The second kappa shape index (κ2) is 7.30. The number of hydrogen-bond donors (Lipinski definition) is 3. The summed E-state index contributed by atoms with van der Waals surface area (Å²) in [6.45, 7) is 5.06. The molecule has 110 valence electrons. The van der Waals surface area contributed by atoms with Gasteiger partial charge >= 0.3 is 12.0 Å². The molecule has 1 heterocycles. The molecule has 19 heavy (non-hydrogen) atoms. The highest BCUT2D eigenvalue weighted by molar-refractivity contribution is 5.75. The van der Waals surface area contributed by atoms with Crippen LogP contribution in [-0.2, 0) is 9.53 Å². The van der Waals surface area contributed by atoms with Crippen molar-refractivity contribution in [3.63, 3.8) is 0 Å². The van der Waals surface area contributed by atoms with Crippen LogP contribution in [-0.4, -0.2) is 65.1 Å². The zero-order valence-electron chi connectivity index (χ0n) is 11.3. The average Bonchev–Trinajstić information content (AvgIpc) is 2.38. The summed E-state index contributed by atoms with van der Waals surface area (Å²) in [4.78, 5) is 24.1. The lowest BCUT2D eigenvalue weighted by Crippen LogP contribution is -2.54. The molecule has 0 aromatic rings. The van der Waals surface area contributed by atoms with Gasteiger partial charge in [-0.15, -0.1) is 0 Å². The summed E-state index contributed by atoms with van der Waals surface area (Å²) in [5.74, 6) is -1.28. The molecule has 1 fully saturated rings. The molecule has 7 heteroatoms. The van der Waals surface area contributed by atoms with Crippen molar-refractivity contribution in [2.24, 2.45) is 0 Å². The first-order chi connectivity index (χ1) is 8.95. The number of nitrogens with zero attached hydrogens (tertiary/aromatic N) is 1. The summed E-state index contributed by atoms with van der Waals surface area (Å²) in [5, 5.41) is 20.3. The van der Waals surface area contributed by atoms with E-state index in [2.05, 4.69) is 5.32 Å². The van der Waals surface area contributed by atoms with Crippen LogP contribution in [0.15, 0.2) is 0 Å². The topological polar surface area (TPSA) is 99.1 Å². The van der Waals surface area contributed by atoms with E-state index in [9.17, 15) is 9.59 Å². The van der Waals surface area contributed by atoms with Gasteiger partial charge in [0, 0.05) is 19.5 Å². The van der Waals surface area contributed by atoms with Crippen molar-refractivity contribution >= 4 is 12.0 Å². The van der Waals surface area contributed by atoms with Crippen LogP contribution in [0.2, 0.25) is 0 Å². The Morgan fingerprint density at radius 1 is 1.53 bits per heavy atom. The molecule has 7 nitrogen and oxygen atoms in total. The normalized spacial score (nSPS) is 24.9. The number of carbonyl (C=O) groups is 2. The van der Waals surface area contributed by atoms with Gasteiger partial charge in [0.1, 0.15) is 0 Å². The molecule has 0 radical (unpaired) electrons. The Labute approximate surface area is 112 Å². The molecule has 2 amide bonds. The smallest absolute Gasteiger partial charge is 0.332 e. The van der Waals surface area contributed by atoms with Crippen LogP contribution in [0.25, 0.3) is 0 Å². The molecule has 3 N–H and O–H groups in total. The number of ether oxygens (including phenoxy) is 1. The maximum absolute atomic E-state index is 12.0. The minimum Gasteiger partial charge on any atom is -0.479 e. The molecule has 0 spiro atoms. The van der Waals surface area contributed by atoms with E-state index in [0.29, 0.717) is 13.2 Å². The minimum absolute atomic E-state index is 0.00170. The van der Waals surface area contributed by atoms with Crippen molar-refractivity contribution in [1.82, 2.24) is 10.2 Å². The molecule has 0 saturated carbocycles. The number of rotatable bonds is 5. The zero-order valence-corrected chi connectivity index (χ0v) is 11.3. The van der Waals surface area contributed by atoms with Gasteiger partial charge in [0.2, 0.25) is 0 Å². The summed E-state index contributed by atoms with van der Waals surface area (Å²) in [7, 11) is 0. The number of urea groups is 1. The van der Waals surface area contributed by atoms with E-state index >= 15 is 0 Å². The standard InChI is InChI=1S/C12H22N2O5/c1-3-9-7-19-8(2)6-14(9)12(18)13-5-4-10(15)11(16)17/h8-10,15H,3-7H2,1-2H3,(H,13,18)(H,16,17). The van der Waals surface area contributed by atoms with Gasteiger partial charge in [0.25, 0.3) is 0 Å². The first-order valence-electron chi connectivity index (χ1n) is 6.52. The van der Waals surface area contributed by atoms with Crippen molar-refractivity contribution < 1.29 is 24.5 Å². The van der Waals surface area contributed by atoms with E-state index < -0.39 is 12.1 Å². The second-order valence-electron chi connectivity index (χ2n) is 4.73. The van der Waals surface area contributed by atoms with E-state index in [1.165, 1.54) is 0 Å². The predicted octanol–water partition coefficient (Wildman–Crippen LogP) is 0.0309. The molecule has 1 aliphatic rings. The van der Waals surface area contributed by atoms with Crippen molar-refractivity contribution in [3.8, 4) is 0 Å². The van der Waals surface area contributed by atoms with Crippen LogP contribution in [0, 0.1) is 0 Å². The number of aliphatic carboxylic acids is 1. The molecule has 1 rings (SSSR count). The Morgan fingerprint density at radius 2 is 2.21 bits per heavy atom. The van der Waals surface area contributed by atoms with Gasteiger partial charge in [-0.25, -0.2) is 9.59 Å². The van der Waals surface area contributed by atoms with E-state index in [0.717, 1.165) is 6.42 Å². The maximum Gasteiger partial charge on any atom is 0.332 e. The molecular weight excluding hydrogens is 252 g/mol. The maximum atomic E-state index is 12.0. The third-order valence-electron chi connectivity index (χ3n) is 3.18. The number of morpholine rings is 1. The fourth-order valence-electron chi connectivity index (χ4n) is 1.97. The van der Waals surface area contributed by atoms with Crippen LogP contribution in [0.1, 0.15) is 26.7 Å². The number of aliphatic hydroxyl groups is 1. The average molecular weight is 274 g/mol. The van der Waals surface area contributed by atoms with Crippen LogP contribution >= 0.6 is 0 Å². The molecule has 3 unspecified atom stereocenters. The summed E-state index contributed by atoms with van der Waals surface area (Å²) >= 11 is 0. The zero-order chi connectivity index (χ0) is 14.4. The Morgan fingerprint density at radius 3 is 2.79 bits per heavy atom. The lowest BCUT2D eigenvalue weighted by molar-refractivity contribution is -0.146. The molecule has 3 atom stereocenters. The van der Waals surface area contributed by atoms with Crippen LogP contribution in [0.3, 0.4) is 0 Å². The minimum atomic E-state index is -1.44. The van der Waals surface area contributed by atoms with Crippen LogP contribution in [0.4, 0.5) is 4.79 Å². The highest BCUT2D eigenvalue weighted by Gasteiger charge is 2.29. The van der Waals surface area contributed by atoms with Gasteiger partial charge in [-0.2, -0.15) is 0 Å². The van der Waals surface area contributed by atoms with Gasteiger partial charge in [0.15, 0.2) is 6.10 Å². The van der Waals surface area contributed by atoms with Gasteiger partial charge in [-0.1, -0.05) is 6.92 Å².